The minimum absolute atomic E-state index is 0.347. The highest BCUT2D eigenvalue weighted by Crippen LogP contribution is 2.60. The molecule has 0 aromatic carbocycles. The van der Waals surface area contributed by atoms with Crippen molar-refractivity contribution in [1.82, 2.24) is 0 Å². The van der Waals surface area contributed by atoms with E-state index >= 15 is 0 Å². The van der Waals surface area contributed by atoms with Gasteiger partial charge < -0.3 is 14.6 Å². The van der Waals surface area contributed by atoms with Crippen LogP contribution in [0.15, 0.2) is 0 Å². The summed E-state index contributed by atoms with van der Waals surface area (Å²) < 4.78 is 67.3. The Hall–Kier alpha value is -0.760. The molecule has 1 N–H and O–H groups in total. The fraction of sp³-hybridized carbons (Fsp3) is 0.889. The standard InChI is InChI=1S/C9H11F5O3/c1-5(15)3-4-6(2)7(10,11)8(16,17-6)9(12,13)14/h16H,3-4H2,1-2H3. The number of Topliss-reactive ketones (excluding diaryl/α,β-unsaturated/α-hetero) is 1. The van der Waals surface area contributed by atoms with Crippen molar-refractivity contribution in [2.24, 2.45) is 0 Å². The van der Waals surface area contributed by atoms with Gasteiger partial charge in [0.15, 0.2) is 0 Å². The first-order valence-electron chi connectivity index (χ1n) is 4.74. The minimum Gasteiger partial charge on any atom is -0.354 e. The highest BCUT2D eigenvalue weighted by molar-refractivity contribution is 5.75. The Morgan fingerprint density at radius 2 is 1.82 bits per heavy atom. The summed E-state index contributed by atoms with van der Waals surface area (Å²) in [5, 5.41) is 8.79. The summed E-state index contributed by atoms with van der Waals surface area (Å²) in [5.41, 5.74) is -2.48. The Morgan fingerprint density at radius 3 is 2.12 bits per heavy atom. The molecule has 0 bridgehead atoms. The van der Waals surface area contributed by atoms with E-state index < -0.39 is 35.7 Å². The van der Waals surface area contributed by atoms with Gasteiger partial charge in [-0.1, -0.05) is 0 Å². The lowest BCUT2D eigenvalue weighted by Gasteiger charge is -2.57. The number of carbonyl (C=O) groups is 1. The molecule has 1 aliphatic heterocycles. The average molecular weight is 262 g/mol. The number of carbonyl (C=O) groups excluding carboxylic acids is 1. The number of rotatable bonds is 3. The SMILES string of the molecule is CC(=O)CCC1(C)OC(O)(C(F)(F)F)C1(F)F. The third-order valence-corrected chi connectivity index (χ3v) is 2.80. The van der Waals surface area contributed by atoms with E-state index in [1.807, 2.05) is 0 Å². The summed E-state index contributed by atoms with van der Waals surface area (Å²) in [6.07, 6.45) is -6.53. The maximum absolute atomic E-state index is 13.4. The summed E-state index contributed by atoms with van der Waals surface area (Å²) in [7, 11) is 0. The Labute approximate surface area is 93.5 Å². The van der Waals surface area contributed by atoms with E-state index in [1.54, 1.807) is 0 Å². The molecule has 0 aromatic rings. The zero-order valence-electron chi connectivity index (χ0n) is 9.07. The highest BCUT2D eigenvalue weighted by atomic mass is 19.4. The number of hydrogen-bond donors (Lipinski definition) is 1. The molecule has 1 aliphatic rings. The van der Waals surface area contributed by atoms with E-state index in [0.29, 0.717) is 0 Å². The first-order valence-corrected chi connectivity index (χ1v) is 4.74. The van der Waals surface area contributed by atoms with Crippen molar-refractivity contribution in [2.45, 2.75) is 50.2 Å². The lowest BCUT2D eigenvalue weighted by Crippen LogP contribution is -2.81. The van der Waals surface area contributed by atoms with Crippen molar-refractivity contribution in [2.75, 3.05) is 0 Å². The molecular weight excluding hydrogens is 251 g/mol. The second-order valence-corrected chi connectivity index (χ2v) is 4.25. The zero-order chi connectivity index (χ0) is 13.7. The molecule has 0 radical (unpaired) electrons. The zero-order valence-corrected chi connectivity index (χ0v) is 9.07. The van der Waals surface area contributed by atoms with Crippen LogP contribution < -0.4 is 0 Å². The van der Waals surface area contributed by atoms with Crippen molar-refractivity contribution < 1.29 is 36.6 Å². The molecule has 2 unspecified atom stereocenters. The van der Waals surface area contributed by atoms with E-state index in [0.717, 1.165) is 13.8 Å². The van der Waals surface area contributed by atoms with E-state index in [-0.39, 0.29) is 6.42 Å². The monoisotopic (exact) mass is 262 g/mol. The molecular formula is C9H11F5O3. The van der Waals surface area contributed by atoms with Crippen LogP contribution in [0, 0.1) is 0 Å². The van der Waals surface area contributed by atoms with Gasteiger partial charge in [0.1, 0.15) is 11.4 Å². The summed E-state index contributed by atoms with van der Waals surface area (Å²) in [6.45, 7) is 1.85. The minimum atomic E-state index is -5.59. The molecule has 0 aliphatic carbocycles. The smallest absolute Gasteiger partial charge is 0.354 e. The van der Waals surface area contributed by atoms with Crippen molar-refractivity contribution in [3.63, 3.8) is 0 Å². The van der Waals surface area contributed by atoms with Gasteiger partial charge >= 0.3 is 17.9 Å². The second-order valence-electron chi connectivity index (χ2n) is 4.25. The normalized spacial score (nSPS) is 36.5. The van der Waals surface area contributed by atoms with E-state index in [9.17, 15) is 26.7 Å². The van der Waals surface area contributed by atoms with Gasteiger partial charge in [-0.05, 0) is 20.3 Å². The van der Waals surface area contributed by atoms with Crippen molar-refractivity contribution in [3.05, 3.63) is 0 Å². The van der Waals surface area contributed by atoms with Gasteiger partial charge in [-0.25, -0.2) is 0 Å². The van der Waals surface area contributed by atoms with Crippen LogP contribution in [0.3, 0.4) is 0 Å². The van der Waals surface area contributed by atoms with Gasteiger partial charge in [0, 0.05) is 6.42 Å². The van der Waals surface area contributed by atoms with Gasteiger partial charge in [-0.15, -0.1) is 0 Å². The fourth-order valence-corrected chi connectivity index (χ4v) is 1.62. The van der Waals surface area contributed by atoms with Gasteiger partial charge in [0.2, 0.25) is 0 Å². The Balaban J connectivity index is 2.88. The number of halogens is 5. The maximum atomic E-state index is 13.4. The van der Waals surface area contributed by atoms with Crippen molar-refractivity contribution in [1.29, 1.82) is 0 Å². The first-order chi connectivity index (χ1) is 7.37. The summed E-state index contributed by atoms with van der Waals surface area (Å²) >= 11 is 0. The third kappa shape index (κ3) is 1.83. The van der Waals surface area contributed by atoms with Gasteiger partial charge in [0.05, 0.1) is 0 Å². The summed E-state index contributed by atoms with van der Waals surface area (Å²) in [6, 6.07) is 0. The molecule has 1 saturated heterocycles. The number of ketones is 1. The van der Waals surface area contributed by atoms with E-state index in [1.165, 1.54) is 0 Å². The van der Waals surface area contributed by atoms with Crippen molar-refractivity contribution >= 4 is 5.78 Å². The molecule has 1 fully saturated rings. The predicted octanol–water partition coefficient (Wildman–Crippen LogP) is 2.03. The molecule has 0 aromatic heterocycles. The molecule has 1 heterocycles. The van der Waals surface area contributed by atoms with Crippen molar-refractivity contribution in [3.8, 4) is 0 Å². The third-order valence-electron chi connectivity index (χ3n) is 2.80. The topological polar surface area (TPSA) is 46.5 Å². The molecule has 8 heteroatoms. The summed E-state index contributed by atoms with van der Waals surface area (Å²) in [4.78, 5) is 10.6. The van der Waals surface area contributed by atoms with Gasteiger partial charge in [-0.2, -0.15) is 22.0 Å². The van der Waals surface area contributed by atoms with E-state index in [4.69, 9.17) is 5.11 Å². The lowest BCUT2D eigenvalue weighted by molar-refractivity contribution is -0.553. The molecule has 3 nitrogen and oxygen atoms in total. The van der Waals surface area contributed by atoms with E-state index in [2.05, 4.69) is 4.74 Å². The molecule has 17 heavy (non-hydrogen) atoms. The van der Waals surface area contributed by atoms with Crippen LogP contribution in [0.5, 0.6) is 0 Å². The maximum Gasteiger partial charge on any atom is 0.449 e. The average Bonchev–Trinajstić information content (AvgIpc) is 2.12. The first kappa shape index (κ1) is 14.3. The molecule has 0 saturated carbocycles. The van der Waals surface area contributed by atoms with Crippen LogP contribution in [0.2, 0.25) is 0 Å². The quantitative estimate of drug-likeness (QED) is 0.791. The van der Waals surface area contributed by atoms with Gasteiger partial charge in [0.25, 0.3) is 0 Å². The molecule has 0 amide bonds. The van der Waals surface area contributed by atoms with Crippen LogP contribution in [0.1, 0.15) is 26.7 Å². The fourth-order valence-electron chi connectivity index (χ4n) is 1.62. The lowest BCUT2D eigenvalue weighted by atomic mass is 9.79. The number of hydrogen-bond acceptors (Lipinski definition) is 3. The van der Waals surface area contributed by atoms with Crippen LogP contribution >= 0.6 is 0 Å². The Bertz CT molecular complexity index is 340. The van der Waals surface area contributed by atoms with Crippen LogP contribution in [0.4, 0.5) is 22.0 Å². The highest BCUT2D eigenvalue weighted by Gasteiger charge is 2.86. The van der Waals surface area contributed by atoms with Crippen LogP contribution in [-0.2, 0) is 9.53 Å². The Morgan fingerprint density at radius 1 is 1.35 bits per heavy atom. The van der Waals surface area contributed by atoms with Gasteiger partial charge in [-0.3, -0.25) is 0 Å². The summed E-state index contributed by atoms with van der Waals surface area (Å²) in [5.74, 6) is -9.41. The molecule has 1 rings (SSSR count). The van der Waals surface area contributed by atoms with Crippen LogP contribution in [-0.4, -0.2) is 34.4 Å². The molecule has 0 spiro atoms. The number of aliphatic hydroxyl groups is 1. The second kappa shape index (κ2) is 3.61. The largest absolute Gasteiger partial charge is 0.449 e. The molecule has 100 valence electrons. The Kier molecular flexibility index (Phi) is 3.04. The predicted molar refractivity (Wildman–Crippen MR) is 45.4 cm³/mol. The van der Waals surface area contributed by atoms with Crippen LogP contribution in [0.25, 0.3) is 0 Å². The number of ether oxygens (including phenoxy) is 1. The number of alkyl halides is 5. The molecule has 2 atom stereocenters.